The van der Waals surface area contributed by atoms with E-state index in [-0.39, 0.29) is 6.09 Å². The molecule has 0 rings (SSSR count). The van der Waals surface area contributed by atoms with Gasteiger partial charge in [0.2, 0.25) is 0 Å². The highest BCUT2D eigenvalue weighted by Crippen LogP contribution is 1.79. The molecule has 0 spiro atoms. The third-order valence-electron chi connectivity index (χ3n) is 0.707. The number of rotatable bonds is 3. The van der Waals surface area contributed by atoms with Gasteiger partial charge in [0.1, 0.15) is 0 Å². The molecule has 0 heterocycles. The SMILES string of the molecule is [CH2]CNC(=O)OCCC. The molecular formula is C6H12NO2. The van der Waals surface area contributed by atoms with Gasteiger partial charge in [-0.3, -0.25) is 0 Å². The Morgan fingerprint density at radius 2 is 2.44 bits per heavy atom. The Labute approximate surface area is 55.4 Å². The van der Waals surface area contributed by atoms with Gasteiger partial charge >= 0.3 is 6.09 Å². The Balaban J connectivity index is 3.06. The van der Waals surface area contributed by atoms with Crippen molar-refractivity contribution in [1.82, 2.24) is 5.32 Å². The Hall–Kier alpha value is -0.730. The normalized spacial score (nSPS) is 8.67. The Bertz CT molecular complexity index is 83.1. The van der Waals surface area contributed by atoms with Crippen LogP contribution in [0.25, 0.3) is 0 Å². The van der Waals surface area contributed by atoms with E-state index in [1.54, 1.807) is 0 Å². The van der Waals surface area contributed by atoms with Crippen LogP contribution in [0.3, 0.4) is 0 Å². The number of hydrogen-bond acceptors (Lipinski definition) is 2. The van der Waals surface area contributed by atoms with Crippen LogP contribution in [0, 0.1) is 6.92 Å². The van der Waals surface area contributed by atoms with Crippen molar-refractivity contribution in [3.05, 3.63) is 6.92 Å². The summed E-state index contributed by atoms with van der Waals surface area (Å²) in [4.78, 5) is 10.4. The minimum atomic E-state index is -0.383. The van der Waals surface area contributed by atoms with Crippen LogP contribution in [0.15, 0.2) is 0 Å². The van der Waals surface area contributed by atoms with E-state index in [1.807, 2.05) is 6.92 Å². The first-order chi connectivity index (χ1) is 4.31. The van der Waals surface area contributed by atoms with Crippen molar-refractivity contribution in [1.29, 1.82) is 0 Å². The van der Waals surface area contributed by atoms with Crippen LogP contribution in [-0.4, -0.2) is 19.2 Å². The van der Waals surface area contributed by atoms with Crippen molar-refractivity contribution in [3.8, 4) is 0 Å². The molecule has 0 atom stereocenters. The molecule has 1 radical (unpaired) electrons. The summed E-state index contributed by atoms with van der Waals surface area (Å²) >= 11 is 0. The number of amides is 1. The van der Waals surface area contributed by atoms with Crippen molar-refractivity contribution in [2.24, 2.45) is 0 Å². The van der Waals surface area contributed by atoms with Gasteiger partial charge in [-0.1, -0.05) is 6.92 Å². The molecule has 0 saturated carbocycles. The lowest BCUT2D eigenvalue weighted by atomic mass is 10.5. The van der Waals surface area contributed by atoms with Gasteiger partial charge in [0.15, 0.2) is 0 Å². The lowest BCUT2D eigenvalue weighted by Crippen LogP contribution is -2.23. The smallest absolute Gasteiger partial charge is 0.407 e. The van der Waals surface area contributed by atoms with E-state index in [4.69, 9.17) is 0 Å². The molecule has 0 bridgehead atoms. The lowest BCUT2D eigenvalue weighted by Gasteiger charge is -2.01. The Morgan fingerprint density at radius 3 is 2.89 bits per heavy atom. The molecular weight excluding hydrogens is 118 g/mol. The average Bonchev–Trinajstić information content (AvgIpc) is 1.85. The van der Waals surface area contributed by atoms with Crippen LogP contribution in [-0.2, 0) is 4.74 Å². The predicted octanol–water partition coefficient (Wildman–Crippen LogP) is 0.957. The Morgan fingerprint density at radius 1 is 1.78 bits per heavy atom. The molecule has 0 aliphatic carbocycles. The van der Waals surface area contributed by atoms with Gasteiger partial charge in [0, 0.05) is 6.54 Å². The van der Waals surface area contributed by atoms with Gasteiger partial charge in [-0.05, 0) is 13.3 Å². The average molecular weight is 130 g/mol. The van der Waals surface area contributed by atoms with Crippen LogP contribution < -0.4 is 5.32 Å². The minimum Gasteiger partial charge on any atom is -0.450 e. The zero-order chi connectivity index (χ0) is 7.11. The summed E-state index contributed by atoms with van der Waals surface area (Å²) in [6.07, 6.45) is 0.469. The van der Waals surface area contributed by atoms with Crippen molar-refractivity contribution >= 4 is 6.09 Å². The summed E-state index contributed by atoms with van der Waals surface area (Å²) in [6, 6.07) is 0. The summed E-state index contributed by atoms with van der Waals surface area (Å²) < 4.78 is 4.64. The number of nitrogens with one attached hydrogen (secondary N) is 1. The second kappa shape index (κ2) is 5.41. The first kappa shape index (κ1) is 8.27. The maximum absolute atomic E-state index is 10.4. The van der Waals surface area contributed by atoms with Gasteiger partial charge in [-0.25, -0.2) is 4.79 Å². The van der Waals surface area contributed by atoms with Gasteiger partial charge in [0.25, 0.3) is 0 Å². The zero-order valence-corrected chi connectivity index (χ0v) is 5.64. The fraction of sp³-hybridized carbons (Fsp3) is 0.667. The summed E-state index contributed by atoms with van der Waals surface area (Å²) in [5.74, 6) is 0. The van der Waals surface area contributed by atoms with E-state index >= 15 is 0 Å². The fourth-order valence-corrected chi connectivity index (χ4v) is 0.348. The number of carbonyl (C=O) groups is 1. The molecule has 0 aliphatic rings. The molecule has 0 fully saturated rings. The van der Waals surface area contributed by atoms with Crippen LogP contribution >= 0.6 is 0 Å². The van der Waals surface area contributed by atoms with Crippen molar-refractivity contribution in [3.63, 3.8) is 0 Å². The van der Waals surface area contributed by atoms with E-state index in [2.05, 4.69) is 17.0 Å². The highest BCUT2D eigenvalue weighted by atomic mass is 16.5. The number of carbonyl (C=O) groups excluding carboxylic acids is 1. The van der Waals surface area contributed by atoms with Crippen LogP contribution in [0.5, 0.6) is 0 Å². The van der Waals surface area contributed by atoms with Crippen molar-refractivity contribution in [2.45, 2.75) is 13.3 Å². The molecule has 53 valence electrons. The van der Waals surface area contributed by atoms with Crippen LogP contribution in [0.4, 0.5) is 4.79 Å². The molecule has 0 saturated heterocycles. The van der Waals surface area contributed by atoms with Crippen LogP contribution in [0.2, 0.25) is 0 Å². The molecule has 3 nitrogen and oxygen atoms in total. The van der Waals surface area contributed by atoms with E-state index < -0.39 is 0 Å². The predicted molar refractivity (Wildman–Crippen MR) is 35.0 cm³/mol. The fourth-order valence-electron chi connectivity index (χ4n) is 0.348. The zero-order valence-electron chi connectivity index (χ0n) is 5.64. The molecule has 1 N–H and O–H groups in total. The number of alkyl carbamates (subject to hydrolysis) is 1. The molecule has 9 heavy (non-hydrogen) atoms. The van der Waals surface area contributed by atoms with Crippen LogP contribution in [0.1, 0.15) is 13.3 Å². The summed E-state index contributed by atoms with van der Waals surface area (Å²) in [5, 5.41) is 2.41. The maximum Gasteiger partial charge on any atom is 0.407 e. The standard InChI is InChI=1S/C6H12NO2/c1-3-5-9-6(8)7-4-2/h2-5H2,1H3,(H,7,8). The summed E-state index contributed by atoms with van der Waals surface area (Å²) in [6.45, 7) is 6.22. The van der Waals surface area contributed by atoms with Gasteiger partial charge in [-0.2, -0.15) is 0 Å². The summed E-state index contributed by atoms with van der Waals surface area (Å²) in [5.41, 5.74) is 0. The van der Waals surface area contributed by atoms with E-state index in [9.17, 15) is 4.79 Å². The van der Waals surface area contributed by atoms with E-state index in [0.29, 0.717) is 13.2 Å². The minimum absolute atomic E-state index is 0.378. The van der Waals surface area contributed by atoms with Gasteiger partial charge < -0.3 is 10.1 Å². The Kier molecular flexibility index (Phi) is 4.97. The quantitative estimate of drug-likeness (QED) is 0.617. The molecule has 1 amide bonds. The number of ether oxygens (including phenoxy) is 1. The first-order valence-corrected chi connectivity index (χ1v) is 3.01. The topological polar surface area (TPSA) is 38.3 Å². The maximum atomic E-state index is 10.4. The first-order valence-electron chi connectivity index (χ1n) is 3.01. The van der Waals surface area contributed by atoms with E-state index in [1.165, 1.54) is 0 Å². The lowest BCUT2D eigenvalue weighted by molar-refractivity contribution is 0.147. The van der Waals surface area contributed by atoms with Gasteiger partial charge in [0.05, 0.1) is 6.61 Å². The molecule has 0 aromatic heterocycles. The molecule has 0 unspecified atom stereocenters. The third kappa shape index (κ3) is 5.14. The van der Waals surface area contributed by atoms with Gasteiger partial charge in [-0.15, -0.1) is 0 Å². The van der Waals surface area contributed by atoms with E-state index in [0.717, 1.165) is 6.42 Å². The highest BCUT2D eigenvalue weighted by molar-refractivity contribution is 5.67. The van der Waals surface area contributed by atoms with Crippen molar-refractivity contribution in [2.75, 3.05) is 13.2 Å². The number of hydrogen-bond donors (Lipinski definition) is 1. The monoisotopic (exact) mass is 130 g/mol. The molecule has 0 aromatic carbocycles. The molecule has 0 aromatic rings. The third-order valence-corrected chi connectivity index (χ3v) is 0.707. The van der Waals surface area contributed by atoms with Crippen molar-refractivity contribution < 1.29 is 9.53 Å². The second-order valence-electron chi connectivity index (χ2n) is 1.56. The largest absolute Gasteiger partial charge is 0.450 e. The molecule has 0 aliphatic heterocycles. The second-order valence-corrected chi connectivity index (χ2v) is 1.56. The highest BCUT2D eigenvalue weighted by Gasteiger charge is 1.94. The molecule has 3 heteroatoms. The summed E-state index contributed by atoms with van der Waals surface area (Å²) in [7, 11) is 0.